The van der Waals surface area contributed by atoms with Crippen LogP contribution in [0.25, 0.3) is 16.7 Å². The quantitative estimate of drug-likeness (QED) is 0.542. The van der Waals surface area contributed by atoms with Gasteiger partial charge in [-0.1, -0.05) is 29.8 Å². The molecule has 29 heavy (non-hydrogen) atoms. The van der Waals surface area contributed by atoms with E-state index in [9.17, 15) is 9.59 Å². The van der Waals surface area contributed by atoms with Gasteiger partial charge in [-0.25, -0.2) is 4.68 Å². The Morgan fingerprint density at radius 3 is 2.59 bits per heavy atom. The lowest BCUT2D eigenvalue weighted by molar-refractivity contribution is 0.102. The third-order valence-electron chi connectivity index (χ3n) is 4.77. The normalized spacial score (nSPS) is 11.0. The minimum Gasteiger partial charge on any atom is -0.438 e. The third kappa shape index (κ3) is 3.25. The Morgan fingerprint density at radius 1 is 1.14 bits per heavy atom. The van der Waals surface area contributed by atoms with E-state index in [2.05, 4.69) is 5.32 Å². The van der Waals surface area contributed by atoms with Gasteiger partial charge in [-0.05, 0) is 43.3 Å². The molecule has 2 aromatic heterocycles. The molecule has 0 aliphatic carbocycles. The lowest BCUT2D eigenvalue weighted by atomic mass is 10.1. The summed E-state index contributed by atoms with van der Waals surface area (Å²) in [5.74, 6) is -0.605. The average molecular weight is 409 g/mol. The maximum absolute atomic E-state index is 13.0. The van der Waals surface area contributed by atoms with Crippen LogP contribution in [0.1, 0.15) is 16.1 Å². The van der Waals surface area contributed by atoms with Gasteiger partial charge < -0.3 is 9.73 Å². The molecular weight excluding hydrogens is 392 g/mol. The van der Waals surface area contributed by atoms with Crippen molar-refractivity contribution in [1.29, 1.82) is 5.41 Å². The monoisotopic (exact) mass is 408 g/mol. The van der Waals surface area contributed by atoms with Crippen LogP contribution in [0.15, 0.2) is 63.8 Å². The predicted octanol–water partition coefficient (Wildman–Crippen LogP) is 3.62. The molecule has 0 unspecified atom stereocenters. The molecule has 0 atom stereocenters. The van der Waals surface area contributed by atoms with E-state index in [-0.39, 0.29) is 22.4 Å². The summed E-state index contributed by atoms with van der Waals surface area (Å²) in [5, 5.41) is 11.8. The van der Waals surface area contributed by atoms with Gasteiger partial charge >= 0.3 is 0 Å². The van der Waals surface area contributed by atoms with E-state index in [4.69, 9.17) is 21.4 Å². The van der Waals surface area contributed by atoms with Crippen molar-refractivity contribution in [2.75, 3.05) is 5.32 Å². The average Bonchev–Trinajstić information content (AvgIpc) is 2.91. The lowest BCUT2D eigenvalue weighted by Crippen LogP contribution is -2.25. The Hall–Kier alpha value is -3.58. The number of carbonyl (C=O) groups excluding carboxylic acids is 1. The molecule has 2 N–H and O–H groups in total. The molecular formula is C21H17ClN4O3. The molecule has 0 saturated heterocycles. The highest BCUT2D eigenvalue weighted by Gasteiger charge is 2.20. The summed E-state index contributed by atoms with van der Waals surface area (Å²) >= 11 is 6.00. The van der Waals surface area contributed by atoms with Gasteiger partial charge in [0.25, 0.3) is 11.5 Å². The maximum Gasteiger partial charge on any atom is 0.295 e. The van der Waals surface area contributed by atoms with Crippen molar-refractivity contribution in [3.8, 4) is 5.69 Å². The molecule has 146 valence electrons. The summed E-state index contributed by atoms with van der Waals surface area (Å²) in [4.78, 5) is 25.8. The fourth-order valence-electron chi connectivity index (χ4n) is 3.17. The van der Waals surface area contributed by atoms with Crippen LogP contribution in [0.5, 0.6) is 0 Å². The molecule has 0 aliphatic rings. The first kappa shape index (κ1) is 18.8. The fraction of sp³-hybridized carbons (Fsp3) is 0.0952. The van der Waals surface area contributed by atoms with Gasteiger partial charge in [0.1, 0.15) is 16.8 Å². The Labute approximate surface area is 170 Å². The highest BCUT2D eigenvalue weighted by atomic mass is 35.5. The van der Waals surface area contributed by atoms with Crippen molar-refractivity contribution in [2.45, 2.75) is 6.92 Å². The first-order valence-electron chi connectivity index (χ1n) is 8.80. The van der Waals surface area contributed by atoms with E-state index >= 15 is 0 Å². The molecule has 4 rings (SSSR count). The summed E-state index contributed by atoms with van der Waals surface area (Å²) in [6.45, 7) is 1.74. The zero-order valence-corrected chi connectivity index (χ0v) is 16.4. The van der Waals surface area contributed by atoms with Crippen LogP contribution in [0.2, 0.25) is 5.02 Å². The number of benzene rings is 2. The van der Waals surface area contributed by atoms with E-state index in [1.54, 1.807) is 49.0 Å². The first-order valence-corrected chi connectivity index (χ1v) is 9.18. The fourth-order valence-corrected chi connectivity index (χ4v) is 3.35. The first-order chi connectivity index (χ1) is 13.9. The smallest absolute Gasteiger partial charge is 0.295 e. The SMILES string of the molecule is Cc1c(NC(=O)c2cc3cc(Cl)ccc3oc2=N)c(=O)n(-c2ccccc2)n1C. The zero-order chi connectivity index (χ0) is 20.7. The molecule has 0 bridgehead atoms. The third-order valence-corrected chi connectivity index (χ3v) is 5.00. The molecule has 0 fully saturated rings. The standard InChI is InChI=1S/C21H17ClN4O3/c1-12-18(21(28)26(25(12)2)15-6-4-3-5-7-15)24-20(27)16-11-13-10-14(22)8-9-17(13)29-19(16)23/h3-11,23H,1-2H3,(H,24,27). The number of hydrogen-bond acceptors (Lipinski definition) is 4. The second kappa shape index (κ2) is 7.10. The number of anilines is 1. The highest BCUT2D eigenvalue weighted by Crippen LogP contribution is 2.20. The van der Waals surface area contributed by atoms with Gasteiger partial charge in [0.2, 0.25) is 5.55 Å². The van der Waals surface area contributed by atoms with Gasteiger partial charge in [0.15, 0.2) is 0 Å². The maximum atomic E-state index is 13.0. The molecule has 2 heterocycles. The molecule has 0 radical (unpaired) electrons. The Bertz CT molecular complexity index is 1370. The van der Waals surface area contributed by atoms with Crippen molar-refractivity contribution in [3.05, 3.63) is 86.8 Å². The number of fused-ring (bicyclic) bond motifs is 1. The van der Waals surface area contributed by atoms with Gasteiger partial charge in [-0.15, -0.1) is 0 Å². The minimum absolute atomic E-state index is 0.00804. The summed E-state index contributed by atoms with van der Waals surface area (Å²) < 4.78 is 8.56. The number of halogens is 1. The van der Waals surface area contributed by atoms with Crippen molar-refractivity contribution >= 4 is 34.2 Å². The van der Waals surface area contributed by atoms with Gasteiger partial charge in [-0.2, -0.15) is 0 Å². The zero-order valence-electron chi connectivity index (χ0n) is 15.7. The molecule has 0 aliphatic heterocycles. The van der Waals surface area contributed by atoms with E-state index in [0.717, 1.165) is 0 Å². The number of para-hydroxylation sites is 1. The predicted molar refractivity (Wildman–Crippen MR) is 111 cm³/mol. The van der Waals surface area contributed by atoms with Crippen LogP contribution in [0.4, 0.5) is 5.69 Å². The Morgan fingerprint density at radius 2 is 1.86 bits per heavy atom. The number of aromatic nitrogens is 2. The summed E-state index contributed by atoms with van der Waals surface area (Å²) in [6, 6.07) is 15.6. The van der Waals surface area contributed by atoms with Crippen molar-refractivity contribution < 1.29 is 9.21 Å². The molecule has 2 aromatic carbocycles. The van der Waals surface area contributed by atoms with Crippen molar-refractivity contribution in [3.63, 3.8) is 0 Å². The second-order valence-corrected chi connectivity index (χ2v) is 7.00. The van der Waals surface area contributed by atoms with E-state index < -0.39 is 5.91 Å². The summed E-state index contributed by atoms with van der Waals surface area (Å²) in [6.07, 6.45) is 0. The number of carbonyl (C=O) groups is 1. The van der Waals surface area contributed by atoms with Gasteiger partial charge in [0.05, 0.1) is 11.4 Å². The minimum atomic E-state index is -0.605. The molecule has 1 amide bonds. The summed E-state index contributed by atoms with van der Waals surface area (Å²) in [7, 11) is 1.74. The van der Waals surface area contributed by atoms with E-state index in [1.807, 2.05) is 18.2 Å². The summed E-state index contributed by atoms with van der Waals surface area (Å²) in [5.41, 5.74) is 1.20. The Balaban J connectivity index is 1.77. The number of nitrogens with zero attached hydrogens (tertiary/aromatic N) is 2. The highest BCUT2D eigenvalue weighted by molar-refractivity contribution is 6.31. The molecule has 0 spiro atoms. The van der Waals surface area contributed by atoms with E-state index in [1.165, 1.54) is 10.7 Å². The van der Waals surface area contributed by atoms with Crippen LogP contribution in [-0.2, 0) is 7.05 Å². The van der Waals surface area contributed by atoms with Crippen LogP contribution < -0.4 is 16.4 Å². The number of rotatable bonds is 3. The second-order valence-electron chi connectivity index (χ2n) is 6.56. The van der Waals surface area contributed by atoms with E-state index in [0.29, 0.717) is 27.4 Å². The van der Waals surface area contributed by atoms with Crippen molar-refractivity contribution in [1.82, 2.24) is 9.36 Å². The molecule has 7 nitrogen and oxygen atoms in total. The molecule has 0 saturated carbocycles. The number of nitrogens with one attached hydrogen (secondary N) is 2. The topological polar surface area (TPSA) is 93.0 Å². The number of hydrogen-bond donors (Lipinski definition) is 2. The van der Waals surface area contributed by atoms with Crippen LogP contribution in [0.3, 0.4) is 0 Å². The largest absolute Gasteiger partial charge is 0.438 e. The molecule has 4 aromatic rings. The van der Waals surface area contributed by atoms with Crippen LogP contribution >= 0.6 is 11.6 Å². The van der Waals surface area contributed by atoms with Crippen molar-refractivity contribution in [2.24, 2.45) is 7.05 Å². The van der Waals surface area contributed by atoms with Crippen LogP contribution in [0, 0.1) is 12.3 Å². The Kier molecular flexibility index (Phi) is 4.60. The number of amides is 1. The lowest BCUT2D eigenvalue weighted by Gasteiger charge is -2.07. The van der Waals surface area contributed by atoms with Gasteiger partial charge in [-0.3, -0.25) is 19.7 Å². The van der Waals surface area contributed by atoms with Crippen LogP contribution in [-0.4, -0.2) is 15.3 Å². The van der Waals surface area contributed by atoms with Gasteiger partial charge in [0, 0.05) is 17.5 Å². The molecule has 8 heteroatoms.